The molecule has 1 saturated carbocycles. The summed E-state index contributed by atoms with van der Waals surface area (Å²) in [5.74, 6) is 0.00579. The summed E-state index contributed by atoms with van der Waals surface area (Å²) in [7, 11) is 0. The molecule has 1 nitrogen and oxygen atoms in total. The van der Waals surface area contributed by atoms with Crippen molar-refractivity contribution in [1.82, 2.24) is 0 Å². The summed E-state index contributed by atoms with van der Waals surface area (Å²) in [5, 5.41) is 0. The van der Waals surface area contributed by atoms with Crippen molar-refractivity contribution in [3.63, 3.8) is 0 Å². The van der Waals surface area contributed by atoms with Crippen LogP contribution in [0.2, 0.25) is 0 Å². The van der Waals surface area contributed by atoms with Crippen molar-refractivity contribution in [3.05, 3.63) is 12.1 Å². The Hall–Kier alpha value is -0.590. The summed E-state index contributed by atoms with van der Waals surface area (Å²) in [5.41, 5.74) is 0.422. The van der Waals surface area contributed by atoms with Gasteiger partial charge in [0.25, 0.3) is 0 Å². The van der Waals surface area contributed by atoms with Gasteiger partial charge in [0.05, 0.1) is 2.74 Å². The highest BCUT2D eigenvalue weighted by atomic mass is 16.1. The van der Waals surface area contributed by atoms with Crippen molar-refractivity contribution in [2.45, 2.75) is 25.7 Å². The number of ketones is 1. The van der Waals surface area contributed by atoms with Crippen LogP contribution in [-0.4, -0.2) is 5.78 Å². The molecule has 0 aromatic carbocycles. The van der Waals surface area contributed by atoms with Gasteiger partial charge in [0.2, 0.25) is 0 Å². The average Bonchev–Trinajstić information content (AvgIpc) is 1.88. The molecule has 0 aromatic heterocycles. The van der Waals surface area contributed by atoms with Gasteiger partial charge in [-0.2, -0.15) is 0 Å². The predicted molar refractivity (Wildman–Crippen MR) is 32.6 cm³/mol. The molecule has 0 heterocycles. The number of rotatable bonds is 0. The minimum atomic E-state index is -0.287. The Bertz CT molecular complexity index is 180. The molecule has 8 heavy (non-hydrogen) atoms. The Morgan fingerprint density at radius 1 is 1.50 bits per heavy atom. The third-order valence-electron chi connectivity index (χ3n) is 1.42. The Morgan fingerprint density at radius 3 is 2.75 bits per heavy atom. The standard InChI is InChI=1S/C7H10O/c1-6-4-2-3-5-7(6)8/h1-5H2/i1D2. The second-order valence-corrected chi connectivity index (χ2v) is 2.11. The third kappa shape index (κ3) is 0.971. The van der Waals surface area contributed by atoms with Gasteiger partial charge in [0.15, 0.2) is 5.78 Å². The molecule has 0 aliphatic heterocycles. The van der Waals surface area contributed by atoms with E-state index in [1.54, 1.807) is 0 Å². The maximum absolute atomic E-state index is 10.9. The van der Waals surface area contributed by atoms with Gasteiger partial charge in [0, 0.05) is 6.42 Å². The molecule has 1 fully saturated rings. The molecule has 1 aliphatic rings. The highest BCUT2D eigenvalue weighted by molar-refractivity contribution is 5.95. The van der Waals surface area contributed by atoms with Gasteiger partial charge in [-0.1, -0.05) is 6.53 Å². The van der Waals surface area contributed by atoms with Gasteiger partial charge >= 0.3 is 0 Å². The highest BCUT2D eigenvalue weighted by Crippen LogP contribution is 2.17. The van der Waals surface area contributed by atoms with Gasteiger partial charge < -0.3 is 0 Å². The zero-order valence-electron chi connectivity index (χ0n) is 6.74. The monoisotopic (exact) mass is 112 g/mol. The smallest absolute Gasteiger partial charge is 0.158 e. The molecule has 1 aliphatic carbocycles. The SMILES string of the molecule is [2H]C([2H])=C1CCCCC1=O. The molecule has 0 saturated heterocycles. The van der Waals surface area contributed by atoms with Crippen molar-refractivity contribution < 1.29 is 7.54 Å². The van der Waals surface area contributed by atoms with E-state index in [4.69, 9.17) is 2.74 Å². The van der Waals surface area contributed by atoms with Crippen molar-refractivity contribution in [2.75, 3.05) is 0 Å². The summed E-state index contributed by atoms with van der Waals surface area (Å²) in [4.78, 5) is 10.9. The molecule has 0 bridgehead atoms. The quantitative estimate of drug-likeness (QED) is 0.436. The average molecular weight is 112 g/mol. The second kappa shape index (κ2) is 2.12. The predicted octanol–water partition coefficient (Wildman–Crippen LogP) is 1.69. The van der Waals surface area contributed by atoms with Gasteiger partial charge in [-0.3, -0.25) is 4.79 Å². The van der Waals surface area contributed by atoms with Crippen LogP contribution in [0.15, 0.2) is 12.1 Å². The molecular formula is C7H10O. The van der Waals surface area contributed by atoms with E-state index >= 15 is 0 Å². The number of Topliss-reactive ketones (excluding diaryl/α,β-unsaturated/α-hetero) is 1. The lowest BCUT2D eigenvalue weighted by Gasteiger charge is -2.09. The largest absolute Gasteiger partial charge is 0.295 e. The number of carbonyl (C=O) groups is 1. The van der Waals surface area contributed by atoms with Crippen LogP contribution in [0.3, 0.4) is 0 Å². The third-order valence-corrected chi connectivity index (χ3v) is 1.42. The minimum absolute atomic E-state index is 0.00579. The Morgan fingerprint density at radius 2 is 2.25 bits per heavy atom. The fraction of sp³-hybridized carbons (Fsp3) is 0.571. The van der Waals surface area contributed by atoms with E-state index in [-0.39, 0.29) is 12.3 Å². The van der Waals surface area contributed by atoms with Crippen molar-refractivity contribution in [3.8, 4) is 0 Å². The molecule has 0 atom stereocenters. The molecular weight excluding hydrogens is 100 g/mol. The minimum Gasteiger partial charge on any atom is -0.295 e. The summed E-state index contributed by atoms with van der Waals surface area (Å²) >= 11 is 0. The van der Waals surface area contributed by atoms with Crippen molar-refractivity contribution >= 4 is 5.78 Å². The van der Waals surface area contributed by atoms with Crippen LogP contribution in [0, 0.1) is 0 Å². The normalized spacial score (nSPS) is 24.5. The Balaban J connectivity index is 2.75. The maximum Gasteiger partial charge on any atom is 0.158 e. The molecule has 0 unspecified atom stereocenters. The summed E-state index contributed by atoms with van der Waals surface area (Å²) in [6.45, 7) is -0.287. The number of hydrogen-bond donors (Lipinski definition) is 0. The van der Waals surface area contributed by atoms with E-state index in [1.165, 1.54) is 0 Å². The lowest BCUT2D eigenvalue weighted by Crippen LogP contribution is -2.06. The Labute approximate surface area is 52.2 Å². The molecule has 44 valence electrons. The molecule has 1 heteroatoms. The topological polar surface area (TPSA) is 17.1 Å². The lowest BCUT2D eigenvalue weighted by atomic mass is 9.95. The van der Waals surface area contributed by atoms with E-state index < -0.39 is 0 Å². The zero-order chi connectivity index (χ0) is 7.56. The first-order valence-electron chi connectivity index (χ1n) is 3.91. The van der Waals surface area contributed by atoms with Crippen LogP contribution < -0.4 is 0 Å². The van der Waals surface area contributed by atoms with Crippen LogP contribution in [0.4, 0.5) is 0 Å². The molecule has 0 aromatic rings. The molecule has 0 amide bonds. The van der Waals surface area contributed by atoms with E-state index in [9.17, 15) is 4.79 Å². The zero-order valence-corrected chi connectivity index (χ0v) is 4.74. The summed E-state index contributed by atoms with van der Waals surface area (Å²) in [6.07, 6.45) is 3.07. The Kier molecular flexibility index (Phi) is 0.911. The van der Waals surface area contributed by atoms with E-state index in [1.807, 2.05) is 0 Å². The van der Waals surface area contributed by atoms with Crippen LogP contribution in [-0.2, 0) is 4.79 Å². The van der Waals surface area contributed by atoms with E-state index in [0.717, 1.165) is 12.8 Å². The first kappa shape index (κ1) is 3.44. The van der Waals surface area contributed by atoms with Gasteiger partial charge in [-0.05, 0) is 24.8 Å². The number of hydrogen-bond acceptors (Lipinski definition) is 1. The number of carbonyl (C=O) groups excluding carboxylic acids is 1. The van der Waals surface area contributed by atoms with E-state index in [0.29, 0.717) is 18.4 Å². The fourth-order valence-electron chi connectivity index (χ4n) is 0.878. The van der Waals surface area contributed by atoms with Gasteiger partial charge in [-0.15, -0.1) is 0 Å². The van der Waals surface area contributed by atoms with Crippen LogP contribution >= 0.6 is 0 Å². The summed E-state index contributed by atoms with van der Waals surface area (Å²) < 4.78 is 13.9. The maximum atomic E-state index is 10.9. The van der Waals surface area contributed by atoms with Gasteiger partial charge in [-0.25, -0.2) is 0 Å². The first-order valence-corrected chi connectivity index (χ1v) is 2.91. The van der Waals surface area contributed by atoms with Crippen LogP contribution in [0.1, 0.15) is 28.4 Å². The lowest BCUT2D eigenvalue weighted by molar-refractivity contribution is -0.116. The highest BCUT2D eigenvalue weighted by Gasteiger charge is 2.11. The second-order valence-electron chi connectivity index (χ2n) is 2.11. The van der Waals surface area contributed by atoms with Crippen LogP contribution in [0.5, 0.6) is 0 Å². The van der Waals surface area contributed by atoms with Gasteiger partial charge in [0.1, 0.15) is 0 Å². The van der Waals surface area contributed by atoms with Crippen molar-refractivity contribution in [1.29, 1.82) is 0 Å². The van der Waals surface area contributed by atoms with Crippen molar-refractivity contribution in [2.24, 2.45) is 0 Å². The van der Waals surface area contributed by atoms with Crippen LogP contribution in [0.25, 0.3) is 0 Å². The summed E-state index contributed by atoms with van der Waals surface area (Å²) in [6, 6.07) is 0. The first-order chi connectivity index (χ1) is 4.72. The molecule has 1 rings (SSSR count). The molecule has 0 radical (unpaired) electrons. The van der Waals surface area contributed by atoms with E-state index in [2.05, 4.69) is 0 Å². The molecule has 0 spiro atoms. The molecule has 0 N–H and O–H groups in total. The fourth-order valence-corrected chi connectivity index (χ4v) is 0.878. The number of allylic oxidation sites excluding steroid dienone is 1.